The lowest BCUT2D eigenvalue weighted by molar-refractivity contribution is -0.150. The number of amides is 1. The zero-order valence-corrected chi connectivity index (χ0v) is 15.4. The molecule has 140 valence electrons. The summed E-state index contributed by atoms with van der Waals surface area (Å²) in [6.45, 7) is 2.68. The molecule has 2 aliphatic rings. The number of carboxylic acids is 1. The predicted octanol–water partition coefficient (Wildman–Crippen LogP) is 4.12. The molecule has 5 nitrogen and oxygen atoms in total. The van der Waals surface area contributed by atoms with Crippen molar-refractivity contribution >= 4 is 12.1 Å². The Labute approximate surface area is 158 Å². The Morgan fingerprint density at radius 2 is 1.70 bits per heavy atom. The molecular formula is C22H23NO4. The number of rotatable bonds is 3. The number of carbonyl (C=O) groups excluding carboxylic acids is 1. The average Bonchev–Trinajstić information content (AvgIpc) is 3.00. The normalized spacial score (nSPS) is 21.4. The van der Waals surface area contributed by atoms with Crippen LogP contribution in [0.1, 0.15) is 36.8 Å². The van der Waals surface area contributed by atoms with Crippen molar-refractivity contribution in [3.8, 4) is 11.1 Å². The fraction of sp³-hybridized carbons (Fsp3) is 0.364. The maximum atomic E-state index is 12.6. The first-order valence-corrected chi connectivity index (χ1v) is 9.33. The van der Waals surface area contributed by atoms with E-state index in [4.69, 9.17) is 4.74 Å². The molecule has 1 N–H and O–H groups in total. The van der Waals surface area contributed by atoms with Gasteiger partial charge in [-0.05, 0) is 42.0 Å². The van der Waals surface area contributed by atoms with E-state index in [-0.39, 0.29) is 19.1 Å². The molecular weight excluding hydrogens is 342 g/mol. The molecule has 2 aromatic carbocycles. The molecule has 0 spiro atoms. The summed E-state index contributed by atoms with van der Waals surface area (Å²) in [6.07, 6.45) is 0.826. The molecule has 1 saturated heterocycles. The second-order valence-electron chi connectivity index (χ2n) is 7.69. The van der Waals surface area contributed by atoms with E-state index < -0.39 is 17.5 Å². The van der Waals surface area contributed by atoms with E-state index in [9.17, 15) is 14.7 Å². The molecule has 0 aromatic heterocycles. The molecule has 1 amide bonds. The number of nitrogens with zero attached hydrogens (tertiary/aromatic N) is 1. The summed E-state index contributed by atoms with van der Waals surface area (Å²) >= 11 is 0. The molecule has 4 rings (SSSR count). The maximum absolute atomic E-state index is 12.6. The number of hydrogen-bond donors (Lipinski definition) is 1. The number of benzene rings is 2. The molecule has 1 fully saturated rings. The number of carboxylic acid groups (broad SMARTS) is 1. The molecule has 27 heavy (non-hydrogen) atoms. The van der Waals surface area contributed by atoms with Crippen molar-refractivity contribution in [1.29, 1.82) is 0 Å². The molecule has 1 aliphatic carbocycles. The van der Waals surface area contributed by atoms with Crippen LogP contribution >= 0.6 is 0 Å². The topological polar surface area (TPSA) is 66.8 Å². The summed E-state index contributed by atoms with van der Waals surface area (Å²) in [5.74, 6) is -0.851. The first-order valence-electron chi connectivity index (χ1n) is 9.33. The smallest absolute Gasteiger partial charge is 0.409 e. The molecule has 0 saturated carbocycles. The van der Waals surface area contributed by atoms with Crippen LogP contribution in [0.3, 0.4) is 0 Å². The van der Waals surface area contributed by atoms with Crippen LogP contribution in [-0.4, -0.2) is 41.8 Å². The molecule has 1 heterocycles. The third-order valence-electron chi connectivity index (χ3n) is 5.81. The molecule has 1 atom stereocenters. The molecule has 0 unspecified atom stereocenters. The van der Waals surface area contributed by atoms with Gasteiger partial charge in [0.1, 0.15) is 6.61 Å². The largest absolute Gasteiger partial charge is 0.481 e. The van der Waals surface area contributed by atoms with E-state index in [1.807, 2.05) is 24.3 Å². The van der Waals surface area contributed by atoms with Gasteiger partial charge >= 0.3 is 12.1 Å². The quantitative estimate of drug-likeness (QED) is 0.888. The number of ether oxygens (including phenoxy) is 1. The van der Waals surface area contributed by atoms with Gasteiger partial charge in [0.15, 0.2) is 0 Å². The summed E-state index contributed by atoms with van der Waals surface area (Å²) in [4.78, 5) is 25.6. The number of aliphatic carboxylic acids is 1. The highest BCUT2D eigenvalue weighted by molar-refractivity contribution is 5.79. The lowest BCUT2D eigenvalue weighted by Gasteiger charge is -2.36. The van der Waals surface area contributed by atoms with Gasteiger partial charge in [-0.2, -0.15) is 0 Å². The lowest BCUT2D eigenvalue weighted by atomic mass is 9.82. The second kappa shape index (κ2) is 6.72. The SMILES string of the molecule is C[C@@]1(C(=O)O)CCCN(C(=O)OCC2c3ccccc3-c3ccccc32)C1. The number of likely N-dealkylation sites (tertiary alicyclic amines) is 1. The first-order chi connectivity index (χ1) is 13.0. The van der Waals surface area contributed by atoms with E-state index in [0.717, 1.165) is 0 Å². The molecule has 0 bridgehead atoms. The summed E-state index contributed by atoms with van der Waals surface area (Å²) in [5.41, 5.74) is 3.81. The Balaban J connectivity index is 1.49. The summed E-state index contributed by atoms with van der Waals surface area (Å²) < 4.78 is 5.65. The fourth-order valence-corrected chi connectivity index (χ4v) is 4.26. The highest BCUT2D eigenvalue weighted by Crippen LogP contribution is 2.44. The van der Waals surface area contributed by atoms with Gasteiger partial charge in [0.2, 0.25) is 0 Å². The molecule has 2 aromatic rings. The van der Waals surface area contributed by atoms with Crippen LogP contribution in [0.15, 0.2) is 48.5 Å². The van der Waals surface area contributed by atoms with E-state index in [2.05, 4.69) is 24.3 Å². The average molecular weight is 365 g/mol. The van der Waals surface area contributed by atoms with Crippen LogP contribution in [0.25, 0.3) is 11.1 Å². The van der Waals surface area contributed by atoms with Gasteiger partial charge in [-0.25, -0.2) is 4.79 Å². The standard InChI is InChI=1S/C22H23NO4/c1-22(20(24)25)11-6-12-23(14-22)21(26)27-13-19-17-9-4-2-7-15(17)16-8-3-5-10-18(16)19/h2-5,7-10,19H,6,11-14H2,1H3,(H,24,25)/t22-/m1/s1. The van der Waals surface area contributed by atoms with Crippen molar-refractivity contribution in [3.05, 3.63) is 59.7 Å². The van der Waals surface area contributed by atoms with Gasteiger partial charge in [-0.3, -0.25) is 4.79 Å². The Kier molecular flexibility index (Phi) is 4.38. The number of carbonyl (C=O) groups is 2. The summed E-state index contributed by atoms with van der Waals surface area (Å²) in [7, 11) is 0. The van der Waals surface area contributed by atoms with Gasteiger partial charge in [-0.15, -0.1) is 0 Å². The van der Waals surface area contributed by atoms with Crippen molar-refractivity contribution in [2.24, 2.45) is 5.41 Å². The van der Waals surface area contributed by atoms with Crippen LogP contribution < -0.4 is 0 Å². The van der Waals surface area contributed by atoms with Crippen LogP contribution in [0.5, 0.6) is 0 Å². The minimum Gasteiger partial charge on any atom is -0.481 e. The summed E-state index contributed by atoms with van der Waals surface area (Å²) in [5, 5.41) is 9.44. The molecule has 0 radical (unpaired) electrons. The van der Waals surface area contributed by atoms with Gasteiger partial charge in [0, 0.05) is 19.0 Å². The van der Waals surface area contributed by atoms with E-state index in [1.54, 1.807) is 6.92 Å². The van der Waals surface area contributed by atoms with Crippen LogP contribution in [0.2, 0.25) is 0 Å². The van der Waals surface area contributed by atoms with Gasteiger partial charge in [-0.1, -0.05) is 48.5 Å². The van der Waals surface area contributed by atoms with E-state index in [1.165, 1.54) is 27.2 Å². The fourth-order valence-electron chi connectivity index (χ4n) is 4.26. The summed E-state index contributed by atoms with van der Waals surface area (Å²) in [6, 6.07) is 16.4. The third-order valence-corrected chi connectivity index (χ3v) is 5.81. The number of hydrogen-bond acceptors (Lipinski definition) is 3. The highest BCUT2D eigenvalue weighted by atomic mass is 16.6. The van der Waals surface area contributed by atoms with Crippen LogP contribution in [0.4, 0.5) is 4.79 Å². The van der Waals surface area contributed by atoms with Gasteiger partial charge in [0.05, 0.1) is 5.41 Å². The van der Waals surface area contributed by atoms with Gasteiger partial charge in [0.25, 0.3) is 0 Å². The predicted molar refractivity (Wildman–Crippen MR) is 102 cm³/mol. The zero-order chi connectivity index (χ0) is 19.0. The minimum absolute atomic E-state index is 0.0111. The monoisotopic (exact) mass is 365 g/mol. The van der Waals surface area contributed by atoms with E-state index >= 15 is 0 Å². The van der Waals surface area contributed by atoms with Crippen molar-refractivity contribution < 1.29 is 19.4 Å². The van der Waals surface area contributed by atoms with Crippen LogP contribution in [0, 0.1) is 5.41 Å². The Bertz CT molecular complexity index is 848. The zero-order valence-electron chi connectivity index (χ0n) is 15.4. The maximum Gasteiger partial charge on any atom is 0.409 e. The van der Waals surface area contributed by atoms with Gasteiger partial charge < -0.3 is 14.7 Å². The highest BCUT2D eigenvalue weighted by Gasteiger charge is 2.40. The van der Waals surface area contributed by atoms with Crippen molar-refractivity contribution in [2.75, 3.05) is 19.7 Å². The second-order valence-corrected chi connectivity index (χ2v) is 7.69. The molecule has 1 aliphatic heterocycles. The number of piperidine rings is 1. The number of fused-ring (bicyclic) bond motifs is 3. The first kappa shape index (κ1) is 17.6. The lowest BCUT2D eigenvalue weighted by Crippen LogP contribution is -2.48. The Morgan fingerprint density at radius 3 is 2.30 bits per heavy atom. The Hall–Kier alpha value is -2.82. The third kappa shape index (κ3) is 3.07. The Morgan fingerprint density at radius 1 is 1.11 bits per heavy atom. The molecule has 5 heteroatoms. The van der Waals surface area contributed by atoms with E-state index in [0.29, 0.717) is 19.4 Å². The van der Waals surface area contributed by atoms with Crippen LogP contribution in [-0.2, 0) is 9.53 Å². The minimum atomic E-state index is -0.899. The van der Waals surface area contributed by atoms with Crippen molar-refractivity contribution in [2.45, 2.75) is 25.7 Å². The van der Waals surface area contributed by atoms with Crippen molar-refractivity contribution in [1.82, 2.24) is 4.90 Å². The van der Waals surface area contributed by atoms with Crippen molar-refractivity contribution in [3.63, 3.8) is 0 Å².